The maximum absolute atomic E-state index is 3.35. The first-order valence-electron chi connectivity index (χ1n) is 7.26. The van der Waals surface area contributed by atoms with Crippen molar-refractivity contribution < 1.29 is 0 Å². The average molecular weight is 227 g/mol. The van der Waals surface area contributed by atoms with Crippen LogP contribution in [0.1, 0.15) is 73.1 Å². The van der Waals surface area contributed by atoms with Gasteiger partial charge in [0.15, 0.2) is 0 Å². The molecule has 0 aromatic rings. The molecular weight excluding hydrogens is 194 g/mol. The maximum Gasteiger partial charge on any atom is -0.00463 e. The van der Waals surface area contributed by atoms with Gasteiger partial charge in [-0.3, -0.25) is 0 Å². The summed E-state index contributed by atoms with van der Waals surface area (Å²) >= 11 is 0. The smallest absolute Gasteiger partial charge is 0.00463 e. The third kappa shape index (κ3) is 8.15. The zero-order valence-electron chi connectivity index (χ0n) is 12.2. The Kier molecular flexibility index (Phi) is 9.02. The van der Waals surface area contributed by atoms with E-state index in [1.54, 1.807) is 0 Å². The SMILES string of the molecule is CCC1CCNCC1.CCCC(C)(C)CC. The predicted molar refractivity (Wildman–Crippen MR) is 74.9 cm³/mol. The maximum atomic E-state index is 3.35. The summed E-state index contributed by atoms with van der Waals surface area (Å²) in [6.45, 7) is 14.0. The third-order valence-electron chi connectivity index (χ3n) is 3.92. The molecule has 0 aromatic heterocycles. The first kappa shape index (κ1) is 16.0. The van der Waals surface area contributed by atoms with Gasteiger partial charge in [-0.25, -0.2) is 0 Å². The fraction of sp³-hybridized carbons (Fsp3) is 1.00. The highest BCUT2D eigenvalue weighted by atomic mass is 14.9. The summed E-state index contributed by atoms with van der Waals surface area (Å²) in [6, 6.07) is 0. The summed E-state index contributed by atoms with van der Waals surface area (Å²) in [5, 5.41) is 3.35. The highest BCUT2D eigenvalue weighted by molar-refractivity contribution is 4.66. The van der Waals surface area contributed by atoms with Crippen LogP contribution in [0.2, 0.25) is 0 Å². The molecule has 1 aliphatic rings. The van der Waals surface area contributed by atoms with E-state index in [1.807, 2.05) is 0 Å². The van der Waals surface area contributed by atoms with E-state index in [0.29, 0.717) is 5.41 Å². The predicted octanol–water partition coefficient (Wildman–Crippen LogP) is 4.62. The molecule has 0 spiro atoms. The first-order chi connectivity index (χ1) is 7.55. The molecule has 1 heterocycles. The Morgan fingerprint density at radius 2 is 1.62 bits per heavy atom. The van der Waals surface area contributed by atoms with Gasteiger partial charge in [-0.1, -0.05) is 53.9 Å². The van der Waals surface area contributed by atoms with Crippen LogP contribution in [0.5, 0.6) is 0 Å². The Bertz CT molecular complexity index is 146. The largest absolute Gasteiger partial charge is 0.317 e. The number of piperidine rings is 1. The topological polar surface area (TPSA) is 12.0 Å². The highest BCUT2D eigenvalue weighted by Crippen LogP contribution is 2.25. The van der Waals surface area contributed by atoms with E-state index in [-0.39, 0.29) is 0 Å². The van der Waals surface area contributed by atoms with Crippen molar-refractivity contribution in [1.29, 1.82) is 0 Å². The van der Waals surface area contributed by atoms with Crippen LogP contribution in [-0.4, -0.2) is 13.1 Å². The molecular formula is C15H33N. The van der Waals surface area contributed by atoms with Crippen LogP contribution in [0.4, 0.5) is 0 Å². The van der Waals surface area contributed by atoms with Gasteiger partial charge >= 0.3 is 0 Å². The molecule has 1 saturated heterocycles. The Labute approximate surface area is 103 Å². The van der Waals surface area contributed by atoms with Gasteiger partial charge in [-0.05, 0) is 43.7 Å². The molecule has 0 unspecified atom stereocenters. The Morgan fingerprint density at radius 3 is 1.88 bits per heavy atom. The quantitative estimate of drug-likeness (QED) is 0.739. The van der Waals surface area contributed by atoms with Crippen LogP contribution in [-0.2, 0) is 0 Å². The van der Waals surface area contributed by atoms with E-state index < -0.39 is 0 Å². The minimum Gasteiger partial charge on any atom is -0.317 e. The summed E-state index contributed by atoms with van der Waals surface area (Å²) in [5.74, 6) is 1.02. The molecule has 1 nitrogen and oxygen atoms in total. The number of rotatable bonds is 4. The van der Waals surface area contributed by atoms with E-state index >= 15 is 0 Å². The lowest BCUT2D eigenvalue weighted by Crippen LogP contribution is -2.27. The van der Waals surface area contributed by atoms with Gasteiger partial charge in [0.05, 0.1) is 0 Å². The van der Waals surface area contributed by atoms with Crippen LogP contribution in [0, 0.1) is 11.3 Å². The second kappa shape index (κ2) is 9.04. The van der Waals surface area contributed by atoms with Crippen molar-refractivity contribution >= 4 is 0 Å². The van der Waals surface area contributed by atoms with Gasteiger partial charge in [0.25, 0.3) is 0 Å². The van der Waals surface area contributed by atoms with Gasteiger partial charge < -0.3 is 5.32 Å². The van der Waals surface area contributed by atoms with E-state index in [1.165, 1.54) is 51.6 Å². The van der Waals surface area contributed by atoms with Crippen molar-refractivity contribution in [1.82, 2.24) is 5.32 Å². The van der Waals surface area contributed by atoms with Crippen molar-refractivity contribution in [3.63, 3.8) is 0 Å². The third-order valence-corrected chi connectivity index (χ3v) is 3.92. The summed E-state index contributed by atoms with van der Waals surface area (Å²) in [6.07, 6.45) is 8.17. The number of hydrogen-bond acceptors (Lipinski definition) is 1. The van der Waals surface area contributed by atoms with Crippen LogP contribution < -0.4 is 5.32 Å². The highest BCUT2D eigenvalue weighted by Gasteiger charge is 2.11. The van der Waals surface area contributed by atoms with Gasteiger partial charge in [-0.2, -0.15) is 0 Å². The van der Waals surface area contributed by atoms with Gasteiger partial charge in [0.2, 0.25) is 0 Å². The van der Waals surface area contributed by atoms with E-state index in [9.17, 15) is 0 Å². The molecule has 0 radical (unpaired) electrons. The van der Waals surface area contributed by atoms with Crippen molar-refractivity contribution in [2.24, 2.45) is 11.3 Å². The fourth-order valence-electron chi connectivity index (χ4n) is 2.14. The molecule has 1 aliphatic heterocycles. The number of hydrogen-bond donors (Lipinski definition) is 1. The first-order valence-corrected chi connectivity index (χ1v) is 7.26. The van der Waals surface area contributed by atoms with Crippen molar-refractivity contribution in [2.45, 2.75) is 73.1 Å². The van der Waals surface area contributed by atoms with Crippen molar-refractivity contribution in [3.05, 3.63) is 0 Å². The summed E-state index contributed by atoms with van der Waals surface area (Å²) in [5.41, 5.74) is 0.592. The van der Waals surface area contributed by atoms with Gasteiger partial charge in [0, 0.05) is 0 Å². The molecule has 16 heavy (non-hydrogen) atoms. The van der Waals surface area contributed by atoms with Crippen LogP contribution in [0.3, 0.4) is 0 Å². The number of nitrogens with one attached hydrogen (secondary N) is 1. The Balaban J connectivity index is 0.000000281. The summed E-state index contributed by atoms with van der Waals surface area (Å²) in [4.78, 5) is 0. The Hall–Kier alpha value is -0.0400. The molecule has 98 valence electrons. The van der Waals surface area contributed by atoms with Crippen molar-refractivity contribution in [3.8, 4) is 0 Å². The standard InChI is InChI=1S/C8H18.C7H15N/c1-5-7-8(3,4)6-2;1-2-7-3-5-8-6-4-7/h5-7H2,1-4H3;7-8H,2-6H2,1H3. The minimum atomic E-state index is 0.592. The molecule has 1 N–H and O–H groups in total. The summed E-state index contributed by atoms with van der Waals surface area (Å²) in [7, 11) is 0. The van der Waals surface area contributed by atoms with Crippen LogP contribution >= 0.6 is 0 Å². The zero-order valence-corrected chi connectivity index (χ0v) is 12.2. The second-order valence-corrected chi connectivity index (χ2v) is 5.87. The molecule has 0 bridgehead atoms. The van der Waals surface area contributed by atoms with Crippen LogP contribution in [0.15, 0.2) is 0 Å². The van der Waals surface area contributed by atoms with Crippen molar-refractivity contribution in [2.75, 3.05) is 13.1 Å². The van der Waals surface area contributed by atoms with Gasteiger partial charge in [-0.15, -0.1) is 0 Å². The zero-order chi connectivity index (χ0) is 12.4. The minimum absolute atomic E-state index is 0.592. The lowest BCUT2D eigenvalue weighted by Gasteiger charge is -2.20. The van der Waals surface area contributed by atoms with E-state index in [0.717, 1.165) is 5.92 Å². The molecule has 0 amide bonds. The fourth-order valence-corrected chi connectivity index (χ4v) is 2.14. The molecule has 1 fully saturated rings. The van der Waals surface area contributed by atoms with Gasteiger partial charge in [0.1, 0.15) is 0 Å². The molecule has 0 atom stereocenters. The van der Waals surface area contributed by atoms with Crippen LogP contribution in [0.25, 0.3) is 0 Å². The molecule has 0 aromatic carbocycles. The molecule has 0 aliphatic carbocycles. The molecule has 1 rings (SSSR count). The molecule has 1 heteroatoms. The van der Waals surface area contributed by atoms with E-state index in [4.69, 9.17) is 0 Å². The lowest BCUT2D eigenvalue weighted by molar-refractivity contribution is 0.319. The van der Waals surface area contributed by atoms with E-state index in [2.05, 4.69) is 39.9 Å². The Morgan fingerprint density at radius 1 is 1.06 bits per heavy atom. The second-order valence-electron chi connectivity index (χ2n) is 5.87. The monoisotopic (exact) mass is 227 g/mol. The summed E-state index contributed by atoms with van der Waals surface area (Å²) < 4.78 is 0. The average Bonchev–Trinajstić information content (AvgIpc) is 2.31. The normalized spacial score (nSPS) is 17.8. The lowest BCUT2D eigenvalue weighted by atomic mass is 9.86. The molecule has 0 saturated carbocycles.